The van der Waals surface area contributed by atoms with E-state index < -0.39 is 5.97 Å². The summed E-state index contributed by atoms with van der Waals surface area (Å²) < 4.78 is 0. The van der Waals surface area contributed by atoms with Crippen LogP contribution in [0.15, 0.2) is 0 Å². The zero-order valence-electron chi connectivity index (χ0n) is 9.02. The number of carbonyl (C=O) groups excluding carboxylic acids is 2. The third-order valence-corrected chi connectivity index (χ3v) is 2.15. The molecule has 1 fully saturated rings. The smallest absolute Gasteiger partial charge is 0.317 e. The Balaban J connectivity index is 2.32. The van der Waals surface area contributed by atoms with Crippen molar-refractivity contribution in [1.29, 1.82) is 0 Å². The van der Waals surface area contributed by atoms with Gasteiger partial charge in [0, 0.05) is 12.6 Å². The molecule has 1 saturated heterocycles. The van der Waals surface area contributed by atoms with Crippen molar-refractivity contribution >= 4 is 17.8 Å². The predicted octanol–water partition coefficient (Wildman–Crippen LogP) is -1.99. The lowest BCUT2D eigenvalue weighted by Gasteiger charge is -2.27. The third-order valence-electron chi connectivity index (χ3n) is 2.15. The summed E-state index contributed by atoms with van der Waals surface area (Å²) in [7, 11) is 0. The molecule has 3 N–H and O–H groups in total. The highest BCUT2D eigenvalue weighted by molar-refractivity contribution is 5.99. The van der Waals surface area contributed by atoms with Gasteiger partial charge in [0.05, 0.1) is 19.6 Å². The van der Waals surface area contributed by atoms with Crippen molar-refractivity contribution in [2.75, 3.05) is 26.2 Å². The molecular weight excluding hydrogens is 214 g/mol. The fourth-order valence-corrected chi connectivity index (χ4v) is 1.54. The van der Waals surface area contributed by atoms with Crippen molar-refractivity contribution in [3.05, 3.63) is 0 Å². The van der Waals surface area contributed by atoms with Crippen LogP contribution in [0, 0.1) is 0 Å². The Labute approximate surface area is 92.8 Å². The summed E-state index contributed by atoms with van der Waals surface area (Å²) >= 11 is 0. The predicted molar refractivity (Wildman–Crippen MR) is 54.7 cm³/mol. The highest BCUT2D eigenvalue weighted by Crippen LogP contribution is 1.96. The molecule has 7 nitrogen and oxygen atoms in total. The SMILES string of the molecule is C[C@@H](CN1CC(=O)NC(=O)C1)NCC(=O)O. The summed E-state index contributed by atoms with van der Waals surface area (Å²) in [5.74, 6) is -1.57. The van der Waals surface area contributed by atoms with Crippen LogP contribution in [-0.2, 0) is 14.4 Å². The maximum absolute atomic E-state index is 11.0. The van der Waals surface area contributed by atoms with E-state index in [1.807, 2.05) is 0 Å². The quantitative estimate of drug-likeness (QED) is 0.472. The number of nitrogens with one attached hydrogen (secondary N) is 2. The van der Waals surface area contributed by atoms with E-state index in [2.05, 4.69) is 10.6 Å². The van der Waals surface area contributed by atoms with Crippen LogP contribution in [0.5, 0.6) is 0 Å². The molecule has 0 saturated carbocycles. The number of rotatable bonds is 5. The maximum atomic E-state index is 11.0. The minimum Gasteiger partial charge on any atom is -0.480 e. The van der Waals surface area contributed by atoms with Gasteiger partial charge in [-0.3, -0.25) is 24.6 Å². The van der Waals surface area contributed by atoms with Crippen LogP contribution < -0.4 is 10.6 Å². The first-order valence-electron chi connectivity index (χ1n) is 4.97. The van der Waals surface area contributed by atoms with Gasteiger partial charge in [-0.2, -0.15) is 0 Å². The van der Waals surface area contributed by atoms with Gasteiger partial charge in [-0.05, 0) is 6.92 Å². The molecule has 1 heterocycles. The minimum atomic E-state index is -0.931. The van der Waals surface area contributed by atoms with Gasteiger partial charge in [0.25, 0.3) is 0 Å². The lowest BCUT2D eigenvalue weighted by atomic mass is 10.2. The van der Waals surface area contributed by atoms with Crippen molar-refractivity contribution in [2.24, 2.45) is 0 Å². The van der Waals surface area contributed by atoms with Crippen LogP contribution in [0.25, 0.3) is 0 Å². The van der Waals surface area contributed by atoms with E-state index in [0.717, 1.165) is 0 Å². The van der Waals surface area contributed by atoms with Gasteiger partial charge < -0.3 is 10.4 Å². The number of aliphatic carboxylic acids is 1. The zero-order valence-corrected chi connectivity index (χ0v) is 9.02. The van der Waals surface area contributed by atoms with Gasteiger partial charge in [-0.1, -0.05) is 0 Å². The maximum Gasteiger partial charge on any atom is 0.317 e. The van der Waals surface area contributed by atoms with Crippen molar-refractivity contribution in [3.63, 3.8) is 0 Å². The Kier molecular flexibility index (Phi) is 4.39. The first-order chi connectivity index (χ1) is 7.47. The first-order valence-corrected chi connectivity index (χ1v) is 4.97. The van der Waals surface area contributed by atoms with Crippen LogP contribution in [0.3, 0.4) is 0 Å². The Bertz CT molecular complexity index is 289. The fraction of sp³-hybridized carbons (Fsp3) is 0.667. The second-order valence-corrected chi connectivity index (χ2v) is 3.82. The molecule has 7 heteroatoms. The Morgan fingerprint density at radius 3 is 2.56 bits per heavy atom. The normalized spacial score (nSPS) is 19.3. The number of carboxylic acid groups (broad SMARTS) is 1. The van der Waals surface area contributed by atoms with Gasteiger partial charge in [-0.25, -0.2) is 0 Å². The molecule has 1 aliphatic heterocycles. The molecular formula is C9H15N3O4. The number of piperazine rings is 1. The summed E-state index contributed by atoms with van der Waals surface area (Å²) in [5, 5.41) is 13.4. The molecule has 0 spiro atoms. The van der Waals surface area contributed by atoms with Crippen molar-refractivity contribution in [2.45, 2.75) is 13.0 Å². The number of carbonyl (C=O) groups is 3. The Morgan fingerprint density at radius 2 is 2.06 bits per heavy atom. The number of imide groups is 1. The Hall–Kier alpha value is -1.47. The van der Waals surface area contributed by atoms with E-state index in [1.54, 1.807) is 11.8 Å². The van der Waals surface area contributed by atoms with Gasteiger partial charge in [0.1, 0.15) is 0 Å². The molecule has 0 bridgehead atoms. The highest BCUT2D eigenvalue weighted by atomic mass is 16.4. The lowest BCUT2D eigenvalue weighted by Crippen LogP contribution is -2.54. The molecule has 0 aromatic carbocycles. The molecule has 0 radical (unpaired) electrons. The monoisotopic (exact) mass is 229 g/mol. The fourth-order valence-electron chi connectivity index (χ4n) is 1.54. The molecule has 0 aliphatic carbocycles. The highest BCUT2D eigenvalue weighted by Gasteiger charge is 2.23. The van der Waals surface area contributed by atoms with Crippen LogP contribution in [0.4, 0.5) is 0 Å². The molecule has 0 aromatic rings. The standard InChI is InChI=1S/C9H15N3O4/c1-6(10-2-9(15)16)3-12-4-7(13)11-8(14)5-12/h6,10H,2-5H2,1H3,(H,15,16)(H,11,13,14)/t6-/m0/s1. The molecule has 1 aliphatic rings. The minimum absolute atomic E-state index is 0.0881. The number of hydrogen-bond donors (Lipinski definition) is 3. The largest absolute Gasteiger partial charge is 0.480 e. The van der Waals surface area contributed by atoms with E-state index in [4.69, 9.17) is 5.11 Å². The summed E-state index contributed by atoms with van der Waals surface area (Å²) in [6, 6.07) is -0.0881. The summed E-state index contributed by atoms with van der Waals surface area (Å²) in [5.41, 5.74) is 0. The lowest BCUT2D eigenvalue weighted by molar-refractivity contribution is -0.138. The number of carboxylic acids is 1. The third kappa shape index (κ3) is 4.37. The summed E-state index contributed by atoms with van der Waals surface area (Å²) in [4.78, 5) is 34.1. The Morgan fingerprint density at radius 1 is 1.50 bits per heavy atom. The molecule has 0 unspecified atom stereocenters. The number of nitrogens with zero attached hydrogens (tertiary/aromatic N) is 1. The summed E-state index contributed by atoms with van der Waals surface area (Å²) in [6.45, 7) is 2.48. The number of hydrogen-bond acceptors (Lipinski definition) is 5. The second-order valence-electron chi connectivity index (χ2n) is 3.82. The van der Waals surface area contributed by atoms with E-state index in [1.165, 1.54) is 0 Å². The van der Waals surface area contributed by atoms with Gasteiger partial charge in [0.2, 0.25) is 11.8 Å². The van der Waals surface area contributed by atoms with E-state index >= 15 is 0 Å². The van der Waals surface area contributed by atoms with E-state index in [-0.39, 0.29) is 37.5 Å². The summed E-state index contributed by atoms with van der Waals surface area (Å²) in [6.07, 6.45) is 0. The molecule has 16 heavy (non-hydrogen) atoms. The van der Waals surface area contributed by atoms with Crippen LogP contribution in [-0.4, -0.2) is 60.0 Å². The van der Waals surface area contributed by atoms with Crippen molar-refractivity contribution < 1.29 is 19.5 Å². The average molecular weight is 229 g/mol. The van der Waals surface area contributed by atoms with E-state index in [9.17, 15) is 14.4 Å². The molecule has 90 valence electrons. The molecule has 1 rings (SSSR count). The first kappa shape index (κ1) is 12.6. The van der Waals surface area contributed by atoms with Crippen LogP contribution >= 0.6 is 0 Å². The number of amides is 2. The van der Waals surface area contributed by atoms with Gasteiger partial charge in [-0.15, -0.1) is 0 Å². The van der Waals surface area contributed by atoms with Crippen LogP contribution in [0.2, 0.25) is 0 Å². The van der Waals surface area contributed by atoms with Crippen LogP contribution in [0.1, 0.15) is 6.92 Å². The van der Waals surface area contributed by atoms with Gasteiger partial charge in [0.15, 0.2) is 0 Å². The second kappa shape index (κ2) is 5.57. The van der Waals surface area contributed by atoms with Crippen molar-refractivity contribution in [3.8, 4) is 0 Å². The van der Waals surface area contributed by atoms with Gasteiger partial charge >= 0.3 is 5.97 Å². The molecule has 1 atom stereocenters. The molecule has 2 amide bonds. The average Bonchev–Trinajstić information content (AvgIpc) is 2.12. The zero-order chi connectivity index (χ0) is 12.1. The topological polar surface area (TPSA) is 98.7 Å². The molecule has 0 aromatic heterocycles. The van der Waals surface area contributed by atoms with Crippen molar-refractivity contribution in [1.82, 2.24) is 15.5 Å². The van der Waals surface area contributed by atoms with E-state index in [0.29, 0.717) is 6.54 Å².